The first-order valence-corrected chi connectivity index (χ1v) is 17.2. The third-order valence-electron chi connectivity index (χ3n) is 8.38. The summed E-state index contributed by atoms with van der Waals surface area (Å²) >= 11 is 0. The van der Waals surface area contributed by atoms with E-state index in [9.17, 15) is 4.79 Å². The van der Waals surface area contributed by atoms with Crippen LogP contribution >= 0.6 is 0 Å². The van der Waals surface area contributed by atoms with E-state index in [1.165, 1.54) is 6.92 Å². The molecule has 40 heavy (non-hydrogen) atoms. The molecule has 0 N–H and O–H groups in total. The van der Waals surface area contributed by atoms with E-state index in [1.807, 2.05) is 50.2 Å². The lowest BCUT2D eigenvalue weighted by Gasteiger charge is -2.47. The molecule has 0 unspecified atom stereocenters. The minimum atomic E-state index is -2.08. The van der Waals surface area contributed by atoms with Gasteiger partial charge >= 0.3 is 5.97 Å². The minimum absolute atomic E-state index is 0.0487. The maximum atomic E-state index is 12.0. The van der Waals surface area contributed by atoms with Crippen molar-refractivity contribution in [2.75, 3.05) is 7.11 Å². The second-order valence-electron chi connectivity index (χ2n) is 12.5. The van der Waals surface area contributed by atoms with E-state index in [-0.39, 0.29) is 29.3 Å². The van der Waals surface area contributed by atoms with Crippen LogP contribution in [0.5, 0.6) is 5.75 Å². The summed E-state index contributed by atoms with van der Waals surface area (Å²) in [6, 6.07) is 14.1. The summed E-state index contributed by atoms with van der Waals surface area (Å²) in [4.78, 5) is 12.0. The topological polar surface area (TPSA) is 81.7 Å². The van der Waals surface area contributed by atoms with E-state index in [4.69, 9.17) is 32.8 Å². The van der Waals surface area contributed by atoms with Crippen molar-refractivity contribution in [1.82, 2.24) is 0 Å². The molecule has 222 valence electrons. The Hall–Kier alpha value is -2.01. The minimum Gasteiger partial charge on any atom is -0.465 e. The molecule has 2 saturated heterocycles. The average molecular weight is 575 g/mol. The second kappa shape index (κ2) is 12.5. The molecule has 2 aromatic carbocycles. The summed E-state index contributed by atoms with van der Waals surface area (Å²) < 4.78 is 43.6. The van der Waals surface area contributed by atoms with Crippen molar-refractivity contribution in [2.45, 2.75) is 122 Å². The van der Waals surface area contributed by atoms with Gasteiger partial charge in [-0.3, -0.25) is 4.79 Å². The summed E-state index contributed by atoms with van der Waals surface area (Å²) in [6.07, 6.45) is -2.46. The molecule has 0 radical (unpaired) electrons. The van der Waals surface area contributed by atoms with Gasteiger partial charge in [0.1, 0.15) is 18.0 Å². The van der Waals surface area contributed by atoms with Gasteiger partial charge in [-0.2, -0.15) is 0 Å². The van der Waals surface area contributed by atoms with Crippen molar-refractivity contribution in [1.29, 1.82) is 0 Å². The molecule has 2 heterocycles. The quantitative estimate of drug-likeness (QED) is 0.272. The first-order chi connectivity index (χ1) is 18.8. The molecular weight excluding hydrogens is 528 g/mol. The largest absolute Gasteiger partial charge is 0.465 e. The van der Waals surface area contributed by atoms with E-state index < -0.39 is 39.2 Å². The number of benzene rings is 2. The number of hydrogen-bond donors (Lipinski definition) is 0. The van der Waals surface area contributed by atoms with E-state index >= 15 is 0 Å². The Kier molecular flexibility index (Phi) is 9.64. The fraction of sp³-hybridized carbons (Fsp3) is 0.645. The van der Waals surface area contributed by atoms with Crippen molar-refractivity contribution >= 4 is 25.1 Å². The predicted molar refractivity (Wildman–Crippen MR) is 156 cm³/mol. The SMILES string of the molecule is CO[C@H]1[C@@H](C)O[C@H](O[C@@H]2C[C@H](Oc3ccc4ccccc4c3)O[C@H](C)[C@@H]2OC(C)=O)C[C@H]1O[Si](C)(C)C(C)(C)C. The summed E-state index contributed by atoms with van der Waals surface area (Å²) in [5, 5.41) is 2.27. The Morgan fingerprint density at radius 3 is 2.17 bits per heavy atom. The van der Waals surface area contributed by atoms with Gasteiger partial charge in [-0.1, -0.05) is 51.1 Å². The maximum Gasteiger partial charge on any atom is 0.303 e. The highest BCUT2D eigenvalue weighted by Crippen LogP contribution is 2.40. The Labute approximate surface area is 239 Å². The van der Waals surface area contributed by atoms with Gasteiger partial charge in [0.2, 0.25) is 6.29 Å². The van der Waals surface area contributed by atoms with Gasteiger partial charge in [-0.15, -0.1) is 0 Å². The van der Waals surface area contributed by atoms with Gasteiger partial charge in [0.25, 0.3) is 0 Å². The van der Waals surface area contributed by atoms with E-state index in [1.54, 1.807) is 7.11 Å². The summed E-state index contributed by atoms with van der Waals surface area (Å²) in [5.74, 6) is 0.313. The molecule has 0 aliphatic carbocycles. The number of esters is 1. The van der Waals surface area contributed by atoms with Gasteiger partial charge in [0, 0.05) is 26.9 Å². The normalized spacial score (nSPS) is 31.6. The molecule has 2 aliphatic rings. The van der Waals surface area contributed by atoms with Crippen molar-refractivity contribution < 1.29 is 37.6 Å². The van der Waals surface area contributed by atoms with E-state index in [2.05, 4.69) is 39.9 Å². The molecule has 0 saturated carbocycles. The van der Waals surface area contributed by atoms with Crippen molar-refractivity contribution in [2.24, 2.45) is 0 Å². The third-order valence-corrected chi connectivity index (χ3v) is 12.9. The van der Waals surface area contributed by atoms with Crippen LogP contribution in [0.25, 0.3) is 10.8 Å². The number of rotatable bonds is 8. The average Bonchev–Trinajstić information content (AvgIpc) is 2.85. The number of carbonyl (C=O) groups is 1. The fourth-order valence-corrected chi connectivity index (χ4v) is 6.60. The smallest absolute Gasteiger partial charge is 0.303 e. The Balaban J connectivity index is 1.51. The van der Waals surface area contributed by atoms with Crippen LogP contribution in [0, 0.1) is 0 Å². The molecule has 9 heteroatoms. The summed E-state index contributed by atoms with van der Waals surface area (Å²) in [6.45, 7) is 16.4. The molecule has 8 atom stereocenters. The van der Waals surface area contributed by atoms with Gasteiger partial charge in [0.15, 0.2) is 20.7 Å². The van der Waals surface area contributed by atoms with Crippen LogP contribution in [0.1, 0.15) is 54.4 Å². The lowest BCUT2D eigenvalue weighted by atomic mass is 10.00. The molecule has 2 aliphatic heterocycles. The first kappa shape index (κ1) is 30.9. The zero-order valence-corrected chi connectivity index (χ0v) is 26.3. The predicted octanol–water partition coefficient (Wildman–Crippen LogP) is 6.21. The van der Waals surface area contributed by atoms with Gasteiger partial charge < -0.3 is 32.8 Å². The Bertz CT molecular complexity index is 1150. The van der Waals surface area contributed by atoms with Gasteiger partial charge in [-0.05, 0) is 54.9 Å². The zero-order chi connectivity index (χ0) is 29.2. The highest BCUT2D eigenvalue weighted by molar-refractivity contribution is 6.74. The standard InChI is InChI=1S/C31H46O8Si/c1-19-29(33-7)26(39-40(8,9)31(4,5)6)18-28(34-19)38-25-17-27(35-20(2)30(25)36-21(3)32)37-24-15-14-22-12-10-11-13-23(22)16-24/h10-16,19-20,25-30H,17-18H2,1-9H3/t19-,20-,25-,26-,27+,28-,29+,30+/m1/s1. The van der Waals surface area contributed by atoms with Crippen LogP contribution in [0.15, 0.2) is 42.5 Å². The van der Waals surface area contributed by atoms with Gasteiger partial charge in [0.05, 0.1) is 18.3 Å². The number of hydrogen-bond acceptors (Lipinski definition) is 8. The number of methoxy groups -OCH3 is 1. The maximum absolute atomic E-state index is 12.0. The lowest BCUT2D eigenvalue weighted by Crippen LogP contribution is -2.57. The summed E-state index contributed by atoms with van der Waals surface area (Å²) in [5.41, 5.74) is 0. The molecule has 8 nitrogen and oxygen atoms in total. The summed E-state index contributed by atoms with van der Waals surface area (Å²) in [7, 11) is -0.389. The molecule has 2 aromatic rings. The molecule has 0 bridgehead atoms. The molecule has 0 spiro atoms. The van der Waals surface area contributed by atoms with Crippen LogP contribution in [0.4, 0.5) is 0 Å². The highest BCUT2D eigenvalue weighted by atomic mass is 28.4. The van der Waals surface area contributed by atoms with Crippen molar-refractivity contribution in [3.05, 3.63) is 42.5 Å². The van der Waals surface area contributed by atoms with Crippen LogP contribution in [0.2, 0.25) is 18.1 Å². The molecule has 4 rings (SSSR count). The van der Waals surface area contributed by atoms with Crippen molar-refractivity contribution in [3.8, 4) is 5.75 Å². The van der Waals surface area contributed by atoms with Crippen LogP contribution in [-0.2, 0) is 32.9 Å². The second-order valence-corrected chi connectivity index (χ2v) is 17.3. The highest BCUT2D eigenvalue weighted by Gasteiger charge is 2.47. The lowest BCUT2D eigenvalue weighted by molar-refractivity contribution is -0.300. The van der Waals surface area contributed by atoms with Crippen LogP contribution in [0.3, 0.4) is 0 Å². The number of carbonyl (C=O) groups excluding carboxylic acids is 1. The van der Waals surface area contributed by atoms with Crippen molar-refractivity contribution in [3.63, 3.8) is 0 Å². The fourth-order valence-electron chi connectivity index (χ4n) is 5.26. The third kappa shape index (κ3) is 7.24. The molecule has 0 aromatic heterocycles. The van der Waals surface area contributed by atoms with E-state index in [0.717, 1.165) is 10.8 Å². The number of ether oxygens (including phenoxy) is 6. The van der Waals surface area contributed by atoms with Crippen LogP contribution in [-0.4, -0.2) is 70.6 Å². The molecular formula is C31H46O8Si. The number of fused-ring (bicyclic) bond motifs is 1. The van der Waals surface area contributed by atoms with Gasteiger partial charge in [-0.25, -0.2) is 0 Å². The van der Waals surface area contributed by atoms with Crippen LogP contribution < -0.4 is 4.74 Å². The molecule has 2 fully saturated rings. The Morgan fingerprint density at radius 1 is 0.900 bits per heavy atom. The zero-order valence-electron chi connectivity index (χ0n) is 25.3. The van der Waals surface area contributed by atoms with E-state index in [0.29, 0.717) is 18.6 Å². The first-order valence-electron chi connectivity index (χ1n) is 14.3. The Morgan fingerprint density at radius 2 is 1.52 bits per heavy atom. The molecule has 0 amide bonds. The monoisotopic (exact) mass is 574 g/mol.